The predicted octanol–water partition coefficient (Wildman–Crippen LogP) is 2.55. The van der Waals surface area contributed by atoms with E-state index in [-0.39, 0.29) is 0 Å². The monoisotopic (exact) mass is 262 g/mol. The first kappa shape index (κ1) is 14.4. The van der Waals surface area contributed by atoms with Crippen molar-refractivity contribution < 1.29 is 9.47 Å². The molecule has 0 aliphatic carbocycles. The van der Waals surface area contributed by atoms with E-state index in [0.29, 0.717) is 0 Å². The summed E-state index contributed by atoms with van der Waals surface area (Å²) in [7, 11) is 1.70. The van der Waals surface area contributed by atoms with Crippen LogP contribution in [0.1, 0.15) is 18.4 Å². The maximum Gasteiger partial charge on any atom is 0.119 e. The van der Waals surface area contributed by atoms with Crippen molar-refractivity contribution in [3.63, 3.8) is 0 Å². The number of rotatable bonds is 7. The van der Waals surface area contributed by atoms with E-state index in [1.54, 1.807) is 7.11 Å². The Morgan fingerprint density at radius 3 is 2.79 bits per heavy atom. The zero-order valence-corrected chi connectivity index (χ0v) is 11.8. The minimum atomic E-state index is 0.785. The highest BCUT2D eigenvalue weighted by atomic mass is 16.5. The van der Waals surface area contributed by atoms with Crippen molar-refractivity contribution in [2.24, 2.45) is 0 Å². The van der Waals surface area contributed by atoms with Crippen molar-refractivity contribution in [3.05, 3.63) is 36.2 Å². The van der Waals surface area contributed by atoms with Gasteiger partial charge in [-0.15, -0.1) is 0 Å². The van der Waals surface area contributed by atoms with E-state index < -0.39 is 0 Å². The number of methoxy groups -OCH3 is 1. The third-order valence-corrected chi connectivity index (χ3v) is 3.52. The van der Waals surface area contributed by atoms with Gasteiger partial charge in [-0.1, -0.05) is 12.1 Å². The molecule has 0 bridgehead atoms. The van der Waals surface area contributed by atoms with Crippen molar-refractivity contribution in [3.8, 4) is 5.75 Å². The first-order valence-electron chi connectivity index (χ1n) is 7.13. The van der Waals surface area contributed by atoms with Crippen LogP contribution in [-0.2, 0) is 11.2 Å². The molecule has 1 saturated heterocycles. The van der Waals surface area contributed by atoms with Gasteiger partial charge in [-0.2, -0.15) is 0 Å². The zero-order chi connectivity index (χ0) is 13.3. The molecule has 1 radical (unpaired) electrons. The minimum Gasteiger partial charge on any atom is -0.497 e. The number of piperidine rings is 1. The summed E-state index contributed by atoms with van der Waals surface area (Å²) in [4.78, 5) is 2.48. The Labute approximate surface area is 116 Å². The zero-order valence-electron chi connectivity index (χ0n) is 11.8. The van der Waals surface area contributed by atoms with Crippen LogP contribution in [0, 0.1) is 6.42 Å². The quantitative estimate of drug-likeness (QED) is 0.705. The van der Waals surface area contributed by atoms with Crippen molar-refractivity contribution in [1.29, 1.82) is 0 Å². The van der Waals surface area contributed by atoms with E-state index in [9.17, 15) is 0 Å². The van der Waals surface area contributed by atoms with E-state index in [1.807, 2.05) is 12.1 Å². The first-order valence-corrected chi connectivity index (χ1v) is 7.13. The summed E-state index contributed by atoms with van der Waals surface area (Å²) >= 11 is 0. The maximum absolute atomic E-state index is 5.72. The predicted molar refractivity (Wildman–Crippen MR) is 77.5 cm³/mol. The largest absolute Gasteiger partial charge is 0.497 e. The Bertz CT molecular complexity index is 362. The van der Waals surface area contributed by atoms with Gasteiger partial charge in [0.05, 0.1) is 20.3 Å². The lowest BCUT2D eigenvalue weighted by molar-refractivity contribution is 0.102. The first-order chi connectivity index (χ1) is 9.38. The molecule has 19 heavy (non-hydrogen) atoms. The molecular weight excluding hydrogens is 238 g/mol. The van der Waals surface area contributed by atoms with Crippen LogP contribution in [0.5, 0.6) is 5.75 Å². The smallest absolute Gasteiger partial charge is 0.119 e. The van der Waals surface area contributed by atoms with Gasteiger partial charge < -0.3 is 14.4 Å². The number of hydrogen-bond acceptors (Lipinski definition) is 3. The molecule has 2 rings (SSSR count). The molecule has 1 aromatic rings. The molecule has 3 heteroatoms. The lowest BCUT2D eigenvalue weighted by Gasteiger charge is -2.25. The molecule has 0 saturated carbocycles. The standard InChI is InChI=1S/C16H24NO2/c1-18-16-7-5-6-15(14-16)8-12-19-13-11-17-9-3-2-4-10-17/h2,5-7,14H,3-4,8-13H2,1H3. The Morgan fingerprint density at radius 1 is 1.16 bits per heavy atom. The Balaban J connectivity index is 1.58. The molecule has 0 amide bonds. The van der Waals surface area contributed by atoms with Crippen molar-refractivity contribution in [2.75, 3.05) is 40.0 Å². The summed E-state index contributed by atoms with van der Waals surface area (Å²) in [6, 6.07) is 8.19. The second kappa shape index (κ2) is 8.18. The maximum atomic E-state index is 5.72. The van der Waals surface area contributed by atoms with Gasteiger partial charge in [0.1, 0.15) is 5.75 Å². The molecule has 0 spiro atoms. The van der Waals surface area contributed by atoms with Crippen LogP contribution in [-0.4, -0.2) is 44.9 Å². The summed E-state index contributed by atoms with van der Waals surface area (Å²) in [6.07, 6.45) is 5.78. The number of hydrogen-bond donors (Lipinski definition) is 0. The molecule has 1 aliphatic heterocycles. The van der Waals surface area contributed by atoms with Gasteiger partial charge in [0, 0.05) is 6.54 Å². The second-order valence-electron chi connectivity index (χ2n) is 4.92. The van der Waals surface area contributed by atoms with Crippen molar-refractivity contribution >= 4 is 0 Å². The molecule has 3 nitrogen and oxygen atoms in total. The molecule has 1 fully saturated rings. The lowest BCUT2D eigenvalue weighted by Crippen LogP contribution is -2.33. The van der Waals surface area contributed by atoms with Gasteiger partial charge in [0.15, 0.2) is 0 Å². The van der Waals surface area contributed by atoms with Crippen LogP contribution >= 0.6 is 0 Å². The highest BCUT2D eigenvalue weighted by molar-refractivity contribution is 5.28. The van der Waals surface area contributed by atoms with Gasteiger partial charge >= 0.3 is 0 Å². The number of benzene rings is 1. The molecule has 105 valence electrons. The Hall–Kier alpha value is -1.06. The lowest BCUT2D eigenvalue weighted by atomic mass is 10.1. The van der Waals surface area contributed by atoms with Crippen LogP contribution in [0.3, 0.4) is 0 Å². The third kappa shape index (κ3) is 5.21. The van der Waals surface area contributed by atoms with Gasteiger partial charge in [-0.25, -0.2) is 0 Å². The Morgan fingerprint density at radius 2 is 2.00 bits per heavy atom. The number of likely N-dealkylation sites (tertiary alicyclic amines) is 1. The SMILES string of the molecule is COc1cccc(CCOCCN2CC[CH]CC2)c1. The normalized spacial score (nSPS) is 16.5. The fourth-order valence-corrected chi connectivity index (χ4v) is 2.34. The molecular formula is C16H24NO2. The van der Waals surface area contributed by atoms with E-state index >= 15 is 0 Å². The Kier molecular flexibility index (Phi) is 6.18. The summed E-state index contributed by atoms with van der Waals surface area (Å²) < 4.78 is 10.9. The summed E-state index contributed by atoms with van der Waals surface area (Å²) in [6.45, 7) is 5.07. The van der Waals surface area contributed by atoms with Crippen molar-refractivity contribution in [2.45, 2.75) is 19.3 Å². The highest BCUT2D eigenvalue weighted by Crippen LogP contribution is 2.13. The molecule has 1 aliphatic rings. The van der Waals surface area contributed by atoms with E-state index in [4.69, 9.17) is 9.47 Å². The van der Waals surface area contributed by atoms with Gasteiger partial charge in [-0.3, -0.25) is 0 Å². The van der Waals surface area contributed by atoms with Gasteiger partial charge in [0.2, 0.25) is 0 Å². The molecule has 0 unspecified atom stereocenters. The number of nitrogens with zero attached hydrogens (tertiary/aromatic N) is 1. The second-order valence-corrected chi connectivity index (χ2v) is 4.92. The van der Waals surface area contributed by atoms with Gasteiger partial charge in [-0.05, 0) is 56.5 Å². The minimum absolute atomic E-state index is 0.785. The van der Waals surface area contributed by atoms with Gasteiger partial charge in [0.25, 0.3) is 0 Å². The molecule has 0 N–H and O–H groups in total. The third-order valence-electron chi connectivity index (χ3n) is 3.52. The average Bonchev–Trinajstić information content (AvgIpc) is 2.48. The molecule has 0 atom stereocenters. The molecule has 1 aromatic carbocycles. The molecule has 0 aromatic heterocycles. The van der Waals surface area contributed by atoms with Crippen molar-refractivity contribution in [1.82, 2.24) is 4.90 Å². The van der Waals surface area contributed by atoms with Crippen LogP contribution in [0.25, 0.3) is 0 Å². The summed E-state index contributed by atoms with van der Waals surface area (Å²) in [5.41, 5.74) is 1.27. The van der Waals surface area contributed by atoms with Crippen LogP contribution in [0.2, 0.25) is 0 Å². The van der Waals surface area contributed by atoms with E-state index in [1.165, 1.54) is 31.5 Å². The number of ether oxygens (including phenoxy) is 2. The van der Waals surface area contributed by atoms with E-state index in [2.05, 4.69) is 23.5 Å². The van der Waals surface area contributed by atoms with E-state index in [0.717, 1.165) is 31.9 Å². The van der Waals surface area contributed by atoms with Crippen LogP contribution in [0.15, 0.2) is 24.3 Å². The topological polar surface area (TPSA) is 21.7 Å². The highest BCUT2D eigenvalue weighted by Gasteiger charge is 2.09. The fraction of sp³-hybridized carbons (Fsp3) is 0.562. The molecule has 1 heterocycles. The summed E-state index contributed by atoms with van der Waals surface area (Å²) in [5.74, 6) is 0.919. The van der Waals surface area contributed by atoms with Crippen LogP contribution < -0.4 is 4.74 Å². The average molecular weight is 262 g/mol. The fourth-order valence-electron chi connectivity index (χ4n) is 2.34. The van der Waals surface area contributed by atoms with Crippen LogP contribution in [0.4, 0.5) is 0 Å². The summed E-state index contributed by atoms with van der Waals surface area (Å²) in [5, 5.41) is 0.